The molecule has 164 valence electrons. The highest BCUT2D eigenvalue weighted by molar-refractivity contribution is 7.89. The molecule has 9 heteroatoms. The van der Waals surface area contributed by atoms with Crippen molar-refractivity contribution in [3.63, 3.8) is 0 Å². The summed E-state index contributed by atoms with van der Waals surface area (Å²) in [6.45, 7) is 1.26. The number of sulfonamides is 1. The Hall–Kier alpha value is -2.78. The fraction of sp³-hybridized carbons (Fsp3) is 0.364. The van der Waals surface area contributed by atoms with Crippen LogP contribution in [0.4, 0.5) is 15.8 Å². The van der Waals surface area contributed by atoms with Crippen LogP contribution < -0.4 is 10.2 Å². The molecule has 2 amide bonds. The first-order valence-electron chi connectivity index (χ1n) is 10.4. The summed E-state index contributed by atoms with van der Waals surface area (Å²) in [6, 6.07) is 10.3. The first kappa shape index (κ1) is 21.5. The number of halogens is 1. The summed E-state index contributed by atoms with van der Waals surface area (Å²) in [7, 11) is -4.02. The molecule has 0 spiro atoms. The molecule has 0 aliphatic carbocycles. The van der Waals surface area contributed by atoms with Gasteiger partial charge in [-0.1, -0.05) is 18.6 Å². The van der Waals surface area contributed by atoms with Crippen molar-refractivity contribution in [3.8, 4) is 0 Å². The SMILES string of the molecule is O=C(Nc1ccccc1N1CCCC1=O)c1ccc(F)c(S(=O)(=O)N2CCCCC2)c1. The molecule has 0 atom stereocenters. The first-order valence-corrected chi connectivity index (χ1v) is 11.8. The van der Waals surface area contributed by atoms with Crippen molar-refractivity contribution in [2.24, 2.45) is 0 Å². The monoisotopic (exact) mass is 445 g/mol. The van der Waals surface area contributed by atoms with E-state index in [9.17, 15) is 22.4 Å². The normalized spacial score (nSPS) is 17.7. The van der Waals surface area contributed by atoms with E-state index in [1.54, 1.807) is 29.2 Å². The van der Waals surface area contributed by atoms with Gasteiger partial charge in [-0.3, -0.25) is 9.59 Å². The molecule has 0 bridgehead atoms. The average Bonchev–Trinajstić information content (AvgIpc) is 3.20. The van der Waals surface area contributed by atoms with Gasteiger partial charge < -0.3 is 10.2 Å². The summed E-state index contributed by atoms with van der Waals surface area (Å²) in [5, 5.41) is 2.74. The fourth-order valence-corrected chi connectivity index (χ4v) is 5.61. The van der Waals surface area contributed by atoms with E-state index in [1.165, 1.54) is 10.4 Å². The number of hydrogen-bond acceptors (Lipinski definition) is 4. The number of rotatable bonds is 5. The number of amides is 2. The van der Waals surface area contributed by atoms with Crippen LogP contribution in [-0.2, 0) is 14.8 Å². The number of hydrogen-bond donors (Lipinski definition) is 1. The molecular formula is C22H24FN3O4S. The van der Waals surface area contributed by atoms with Crippen LogP contribution in [-0.4, -0.2) is 44.2 Å². The zero-order valence-electron chi connectivity index (χ0n) is 17.0. The molecule has 0 saturated carbocycles. The van der Waals surface area contributed by atoms with E-state index in [4.69, 9.17) is 0 Å². The number of nitrogens with zero attached hydrogens (tertiary/aromatic N) is 2. The molecule has 2 aromatic carbocycles. The third-order valence-corrected chi connectivity index (χ3v) is 7.56. The van der Waals surface area contributed by atoms with Gasteiger partial charge in [-0.25, -0.2) is 12.8 Å². The van der Waals surface area contributed by atoms with Gasteiger partial charge in [0.25, 0.3) is 5.91 Å². The van der Waals surface area contributed by atoms with Gasteiger partial charge in [0.1, 0.15) is 10.7 Å². The van der Waals surface area contributed by atoms with Crippen molar-refractivity contribution in [2.75, 3.05) is 29.9 Å². The second-order valence-electron chi connectivity index (χ2n) is 7.73. The quantitative estimate of drug-likeness (QED) is 0.765. The summed E-state index contributed by atoms with van der Waals surface area (Å²) in [5.41, 5.74) is 1.05. The Labute approximate surface area is 180 Å². The summed E-state index contributed by atoms with van der Waals surface area (Å²) >= 11 is 0. The van der Waals surface area contributed by atoms with Gasteiger partial charge in [-0.05, 0) is 49.6 Å². The number of carbonyl (C=O) groups is 2. The van der Waals surface area contributed by atoms with Crippen LogP contribution in [0.25, 0.3) is 0 Å². The van der Waals surface area contributed by atoms with Gasteiger partial charge in [-0.2, -0.15) is 4.31 Å². The van der Waals surface area contributed by atoms with Crippen LogP contribution in [0, 0.1) is 5.82 Å². The second-order valence-corrected chi connectivity index (χ2v) is 9.64. The molecule has 2 aliphatic rings. The van der Waals surface area contributed by atoms with E-state index in [2.05, 4.69) is 5.32 Å². The van der Waals surface area contributed by atoms with Gasteiger partial charge in [-0.15, -0.1) is 0 Å². The lowest BCUT2D eigenvalue weighted by molar-refractivity contribution is -0.117. The molecule has 31 heavy (non-hydrogen) atoms. The van der Waals surface area contributed by atoms with Crippen molar-refractivity contribution in [3.05, 3.63) is 53.8 Å². The van der Waals surface area contributed by atoms with Crippen LogP contribution in [0.1, 0.15) is 42.5 Å². The molecule has 4 rings (SSSR count). The van der Waals surface area contributed by atoms with Gasteiger partial charge in [0, 0.05) is 31.6 Å². The lowest BCUT2D eigenvalue weighted by Gasteiger charge is -2.26. The van der Waals surface area contributed by atoms with Crippen LogP contribution >= 0.6 is 0 Å². The standard InChI is InChI=1S/C22H24FN3O4S/c23-17-11-10-16(15-20(17)31(29,30)25-12-4-1-5-13-25)22(28)24-18-7-2-3-8-19(18)26-14-6-9-21(26)27/h2-3,7-8,10-11,15H,1,4-6,9,12-14H2,(H,24,28). The molecule has 2 fully saturated rings. The van der Waals surface area contributed by atoms with E-state index < -0.39 is 26.6 Å². The van der Waals surface area contributed by atoms with E-state index in [0.717, 1.165) is 37.8 Å². The van der Waals surface area contributed by atoms with E-state index >= 15 is 0 Å². The van der Waals surface area contributed by atoms with Crippen molar-refractivity contribution in [1.82, 2.24) is 4.31 Å². The van der Waals surface area contributed by atoms with Gasteiger partial charge in [0.2, 0.25) is 15.9 Å². The number of benzene rings is 2. The number of piperidine rings is 1. The number of carbonyl (C=O) groups excluding carboxylic acids is 2. The predicted octanol–water partition coefficient (Wildman–Crippen LogP) is 3.38. The highest BCUT2D eigenvalue weighted by Crippen LogP contribution is 2.30. The highest BCUT2D eigenvalue weighted by Gasteiger charge is 2.30. The van der Waals surface area contributed by atoms with Crippen LogP contribution in [0.15, 0.2) is 47.4 Å². The van der Waals surface area contributed by atoms with Crippen LogP contribution in [0.5, 0.6) is 0 Å². The zero-order chi connectivity index (χ0) is 22.0. The lowest BCUT2D eigenvalue weighted by Crippen LogP contribution is -2.36. The molecule has 0 radical (unpaired) electrons. The zero-order valence-corrected chi connectivity index (χ0v) is 17.8. The third-order valence-electron chi connectivity index (χ3n) is 5.64. The summed E-state index contributed by atoms with van der Waals surface area (Å²) in [5.74, 6) is -1.47. The maximum absolute atomic E-state index is 14.4. The Bertz CT molecular complexity index is 1110. The Balaban J connectivity index is 1.61. The summed E-state index contributed by atoms with van der Waals surface area (Å²) in [4.78, 5) is 26.1. The fourth-order valence-electron chi connectivity index (χ4n) is 4.00. The second kappa shape index (κ2) is 8.76. The van der Waals surface area contributed by atoms with Crippen LogP contribution in [0.3, 0.4) is 0 Å². The molecular weight excluding hydrogens is 421 g/mol. The van der Waals surface area contributed by atoms with E-state index in [0.29, 0.717) is 37.4 Å². The lowest BCUT2D eigenvalue weighted by atomic mass is 10.2. The largest absolute Gasteiger partial charge is 0.320 e. The van der Waals surface area contributed by atoms with E-state index in [1.807, 2.05) is 0 Å². The van der Waals surface area contributed by atoms with Gasteiger partial charge in [0.05, 0.1) is 11.4 Å². The van der Waals surface area contributed by atoms with E-state index in [-0.39, 0.29) is 11.5 Å². The van der Waals surface area contributed by atoms with Gasteiger partial charge >= 0.3 is 0 Å². The molecule has 2 aromatic rings. The molecule has 2 saturated heterocycles. The number of para-hydroxylation sites is 2. The molecule has 7 nitrogen and oxygen atoms in total. The maximum atomic E-state index is 14.4. The highest BCUT2D eigenvalue weighted by atomic mass is 32.2. The number of nitrogens with one attached hydrogen (secondary N) is 1. The Morgan fingerprint density at radius 1 is 0.968 bits per heavy atom. The minimum absolute atomic E-state index is 0.0154. The molecule has 1 N–H and O–H groups in total. The van der Waals surface area contributed by atoms with Crippen molar-refractivity contribution in [1.29, 1.82) is 0 Å². The van der Waals surface area contributed by atoms with Crippen molar-refractivity contribution < 1.29 is 22.4 Å². The van der Waals surface area contributed by atoms with Gasteiger partial charge in [0.15, 0.2) is 0 Å². The third kappa shape index (κ3) is 4.33. The predicted molar refractivity (Wildman–Crippen MR) is 115 cm³/mol. The molecule has 0 unspecified atom stereocenters. The molecule has 2 aliphatic heterocycles. The molecule has 0 aromatic heterocycles. The molecule has 2 heterocycles. The Morgan fingerprint density at radius 3 is 2.42 bits per heavy atom. The average molecular weight is 446 g/mol. The maximum Gasteiger partial charge on any atom is 0.255 e. The smallest absolute Gasteiger partial charge is 0.255 e. The Morgan fingerprint density at radius 2 is 1.71 bits per heavy atom. The summed E-state index contributed by atoms with van der Waals surface area (Å²) < 4.78 is 41.5. The minimum atomic E-state index is -4.02. The topological polar surface area (TPSA) is 86.8 Å². The number of anilines is 2. The first-order chi connectivity index (χ1) is 14.9. The minimum Gasteiger partial charge on any atom is -0.320 e. The summed E-state index contributed by atoms with van der Waals surface area (Å²) in [6.07, 6.45) is 3.60. The van der Waals surface area contributed by atoms with Crippen molar-refractivity contribution in [2.45, 2.75) is 37.0 Å². The van der Waals surface area contributed by atoms with Crippen molar-refractivity contribution >= 4 is 33.2 Å². The van der Waals surface area contributed by atoms with Crippen LogP contribution in [0.2, 0.25) is 0 Å². The Kier molecular flexibility index (Phi) is 6.06.